The molecule has 1 amide bonds. The minimum absolute atomic E-state index is 0.247. The molecular weight excluding hydrogens is 404 g/mol. The predicted molar refractivity (Wildman–Crippen MR) is 116 cm³/mol. The summed E-state index contributed by atoms with van der Waals surface area (Å²) in [5, 5.41) is 5.97. The van der Waals surface area contributed by atoms with Crippen molar-refractivity contribution in [2.24, 2.45) is 0 Å². The SMILES string of the molecule is COc1ccc(-c2csc(NC(=O)c3oc4ccc(OC)cc4c3C)n2)c(OC)c1. The number of hydrogen-bond acceptors (Lipinski definition) is 7. The van der Waals surface area contributed by atoms with Gasteiger partial charge >= 0.3 is 0 Å². The lowest BCUT2D eigenvalue weighted by Gasteiger charge is -2.08. The maximum Gasteiger partial charge on any atom is 0.293 e. The van der Waals surface area contributed by atoms with E-state index in [0.29, 0.717) is 33.7 Å². The number of carbonyl (C=O) groups excluding carboxylic acids is 1. The fourth-order valence-corrected chi connectivity index (χ4v) is 3.87. The zero-order valence-electron chi connectivity index (χ0n) is 16.9. The molecule has 0 spiro atoms. The number of hydrogen-bond donors (Lipinski definition) is 1. The number of aromatic nitrogens is 1. The second kappa shape index (κ2) is 8.08. The first-order chi connectivity index (χ1) is 14.5. The van der Waals surface area contributed by atoms with Crippen LogP contribution in [0.5, 0.6) is 17.2 Å². The summed E-state index contributed by atoms with van der Waals surface area (Å²) in [7, 11) is 4.79. The van der Waals surface area contributed by atoms with Crippen LogP contribution in [-0.2, 0) is 0 Å². The molecule has 8 heteroatoms. The zero-order chi connectivity index (χ0) is 21.3. The van der Waals surface area contributed by atoms with E-state index in [-0.39, 0.29) is 11.7 Å². The molecule has 0 atom stereocenters. The molecule has 2 aromatic heterocycles. The topological polar surface area (TPSA) is 82.8 Å². The van der Waals surface area contributed by atoms with E-state index in [0.717, 1.165) is 16.5 Å². The summed E-state index contributed by atoms with van der Waals surface area (Å²) in [5.74, 6) is 1.93. The highest BCUT2D eigenvalue weighted by atomic mass is 32.1. The standard InChI is InChI=1S/C22H20N2O5S/c1-12-16-9-13(26-2)6-8-18(16)29-20(12)21(25)24-22-23-17(11-30-22)15-7-5-14(27-3)10-19(15)28-4/h5-11H,1-4H3,(H,23,24,25). The van der Waals surface area contributed by atoms with Crippen LogP contribution in [0.25, 0.3) is 22.2 Å². The molecular formula is C22H20N2O5S. The Morgan fingerprint density at radius 2 is 1.77 bits per heavy atom. The molecule has 7 nitrogen and oxygen atoms in total. The van der Waals surface area contributed by atoms with Gasteiger partial charge in [0.15, 0.2) is 10.9 Å². The lowest BCUT2D eigenvalue weighted by Crippen LogP contribution is -2.11. The number of nitrogens with one attached hydrogen (secondary N) is 1. The van der Waals surface area contributed by atoms with Gasteiger partial charge in [-0.25, -0.2) is 4.98 Å². The number of ether oxygens (including phenoxy) is 3. The van der Waals surface area contributed by atoms with Crippen LogP contribution in [0.2, 0.25) is 0 Å². The molecule has 1 N–H and O–H groups in total. The third-order valence-corrected chi connectivity index (χ3v) is 5.52. The van der Waals surface area contributed by atoms with Gasteiger partial charge in [0.1, 0.15) is 22.8 Å². The fourth-order valence-electron chi connectivity index (χ4n) is 3.16. The van der Waals surface area contributed by atoms with E-state index < -0.39 is 0 Å². The van der Waals surface area contributed by atoms with Crippen molar-refractivity contribution in [2.45, 2.75) is 6.92 Å². The number of methoxy groups -OCH3 is 3. The van der Waals surface area contributed by atoms with Gasteiger partial charge in [0.05, 0.1) is 27.0 Å². The minimum atomic E-state index is -0.356. The Hall–Kier alpha value is -3.52. The Morgan fingerprint density at radius 3 is 2.50 bits per heavy atom. The van der Waals surface area contributed by atoms with Gasteiger partial charge < -0.3 is 18.6 Å². The van der Waals surface area contributed by atoms with Gasteiger partial charge in [0.2, 0.25) is 0 Å². The van der Waals surface area contributed by atoms with Crippen LogP contribution in [0.4, 0.5) is 5.13 Å². The summed E-state index contributed by atoms with van der Waals surface area (Å²) >= 11 is 1.32. The highest BCUT2D eigenvalue weighted by Gasteiger charge is 2.20. The molecule has 0 aliphatic heterocycles. The van der Waals surface area contributed by atoms with E-state index in [9.17, 15) is 4.79 Å². The maximum absolute atomic E-state index is 12.8. The van der Waals surface area contributed by atoms with Crippen LogP contribution >= 0.6 is 11.3 Å². The molecule has 2 heterocycles. The molecule has 4 rings (SSSR count). The fraction of sp³-hybridized carbons (Fsp3) is 0.182. The van der Waals surface area contributed by atoms with Crippen LogP contribution in [-0.4, -0.2) is 32.2 Å². The number of carbonyl (C=O) groups is 1. The molecule has 0 aliphatic rings. The van der Waals surface area contributed by atoms with E-state index in [4.69, 9.17) is 18.6 Å². The number of thiazole rings is 1. The second-order valence-electron chi connectivity index (χ2n) is 6.48. The number of anilines is 1. The van der Waals surface area contributed by atoms with E-state index in [1.807, 2.05) is 30.5 Å². The predicted octanol–water partition coefficient (Wildman–Crippen LogP) is 5.14. The van der Waals surface area contributed by atoms with Crippen LogP contribution in [0, 0.1) is 6.92 Å². The minimum Gasteiger partial charge on any atom is -0.497 e. The molecule has 0 saturated carbocycles. The van der Waals surface area contributed by atoms with Gasteiger partial charge in [-0.1, -0.05) is 0 Å². The number of benzene rings is 2. The molecule has 4 aromatic rings. The van der Waals surface area contributed by atoms with E-state index in [1.165, 1.54) is 11.3 Å². The van der Waals surface area contributed by atoms with Crippen LogP contribution in [0.15, 0.2) is 46.2 Å². The molecule has 154 valence electrons. The molecule has 0 radical (unpaired) electrons. The number of furan rings is 1. The summed E-state index contributed by atoms with van der Waals surface area (Å²) in [6, 6.07) is 10.9. The highest BCUT2D eigenvalue weighted by molar-refractivity contribution is 7.14. The Labute approximate surface area is 177 Å². The molecule has 0 aliphatic carbocycles. The summed E-state index contributed by atoms with van der Waals surface area (Å²) in [5.41, 5.74) is 2.87. The molecule has 0 unspecified atom stereocenters. The van der Waals surface area contributed by atoms with Crippen molar-refractivity contribution in [2.75, 3.05) is 26.6 Å². The normalized spacial score (nSPS) is 10.8. The lowest BCUT2D eigenvalue weighted by molar-refractivity contribution is 0.0998. The van der Waals surface area contributed by atoms with Crippen molar-refractivity contribution >= 4 is 33.3 Å². The van der Waals surface area contributed by atoms with Crippen molar-refractivity contribution in [3.05, 3.63) is 53.1 Å². The van der Waals surface area contributed by atoms with Crippen LogP contribution < -0.4 is 19.5 Å². The van der Waals surface area contributed by atoms with Gasteiger partial charge in [0.25, 0.3) is 5.91 Å². The zero-order valence-corrected chi connectivity index (χ0v) is 17.8. The summed E-state index contributed by atoms with van der Waals surface area (Å²) in [6.45, 7) is 1.84. The monoisotopic (exact) mass is 424 g/mol. The largest absolute Gasteiger partial charge is 0.497 e. The molecule has 0 fully saturated rings. The smallest absolute Gasteiger partial charge is 0.293 e. The van der Waals surface area contributed by atoms with Crippen molar-refractivity contribution in [1.29, 1.82) is 0 Å². The van der Waals surface area contributed by atoms with Gasteiger partial charge in [0, 0.05) is 28.0 Å². The van der Waals surface area contributed by atoms with Gasteiger partial charge in [-0.3, -0.25) is 10.1 Å². The van der Waals surface area contributed by atoms with Crippen molar-refractivity contribution in [1.82, 2.24) is 4.98 Å². The number of rotatable bonds is 6. The quantitative estimate of drug-likeness (QED) is 0.461. The van der Waals surface area contributed by atoms with Gasteiger partial charge in [-0.2, -0.15) is 0 Å². The van der Waals surface area contributed by atoms with Crippen molar-refractivity contribution < 1.29 is 23.4 Å². The number of aryl methyl sites for hydroxylation is 1. The van der Waals surface area contributed by atoms with Gasteiger partial charge in [-0.15, -0.1) is 11.3 Å². The first-order valence-corrected chi connectivity index (χ1v) is 9.98. The lowest BCUT2D eigenvalue weighted by atomic mass is 10.1. The molecule has 0 bridgehead atoms. The number of amides is 1. The molecule has 0 saturated heterocycles. The third-order valence-electron chi connectivity index (χ3n) is 4.76. The van der Waals surface area contributed by atoms with Gasteiger partial charge in [-0.05, 0) is 37.3 Å². The third kappa shape index (κ3) is 3.57. The maximum atomic E-state index is 12.8. The number of nitrogens with zero attached hydrogens (tertiary/aromatic N) is 1. The summed E-state index contributed by atoms with van der Waals surface area (Å²) in [4.78, 5) is 17.3. The summed E-state index contributed by atoms with van der Waals surface area (Å²) < 4.78 is 21.7. The van der Waals surface area contributed by atoms with Crippen molar-refractivity contribution in [3.8, 4) is 28.5 Å². The number of fused-ring (bicyclic) bond motifs is 1. The van der Waals surface area contributed by atoms with Crippen LogP contribution in [0.1, 0.15) is 16.1 Å². The second-order valence-corrected chi connectivity index (χ2v) is 7.33. The first-order valence-electron chi connectivity index (χ1n) is 9.10. The molecule has 30 heavy (non-hydrogen) atoms. The Kier molecular flexibility index (Phi) is 5.33. The van der Waals surface area contributed by atoms with E-state index >= 15 is 0 Å². The highest BCUT2D eigenvalue weighted by Crippen LogP contribution is 2.35. The van der Waals surface area contributed by atoms with Crippen molar-refractivity contribution in [3.63, 3.8) is 0 Å². The van der Waals surface area contributed by atoms with E-state index in [2.05, 4.69) is 10.3 Å². The average Bonchev–Trinajstić information content (AvgIpc) is 3.37. The van der Waals surface area contributed by atoms with E-state index in [1.54, 1.807) is 39.5 Å². The molecule has 2 aromatic carbocycles. The van der Waals surface area contributed by atoms with Crippen LogP contribution in [0.3, 0.4) is 0 Å². The summed E-state index contributed by atoms with van der Waals surface area (Å²) in [6.07, 6.45) is 0. The average molecular weight is 424 g/mol. The Balaban J connectivity index is 1.59. The first kappa shape index (κ1) is 19.8. The Bertz CT molecular complexity index is 1230. The Morgan fingerprint density at radius 1 is 1.03 bits per heavy atom.